The molecule has 2 heterocycles. The van der Waals surface area contributed by atoms with Gasteiger partial charge in [-0.15, -0.1) is 0 Å². The van der Waals surface area contributed by atoms with Crippen molar-refractivity contribution in [2.75, 3.05) is 6.61 Å². The predicted octanol–water partition coefficient (Wildman–Crippen LogP) is 4.15. The number of hydrogen-bond acceptors (Lipinski definition) is 5. The van der Waals surface area contributed by atoms with Gasteiger partial charge in [-0.25, -0.2) is 4.98 Å². The standard InChI is InChI=1S/C25H26N4O3/c1-18(32-16-19-5-3-2-4-6-19)24(29-15-23(25(26)30)28-17-29)10-12-31-22-8-7-20-9-11-27-14-21(20)13-22/h2-9,11,13-15,17-18,24H,10,12,16H2,1H3,(H2,26,30)/t18-,24+/m0/s1. The average Bonchev–Trinajstić information content (AvgIpc) is 3.31. The molecule has 2 N–H and O–H groups in total. The van der Waals surface area contributed by atoms with E-state index < -0.39 is 5.91 Å². The summed E-state index contributed by atoms with van der Waals surface area (Å²) in [6.45, 7) is 2.98. The van der Waals surface area contributed by atoms with E-state index in [0.29, 0.717) is 19.6 Å². The van der Waals surface area contributed by atoms with Crippen molar-refractivity contribution < 1.29 is 14.3 Å². The van der Waals surface area contributed by atoms with Gasteiger partial charge in [-0.3, -0.25) is 9.78 Å². The van der Waals surface area contributed by atoms with E-state index in [1.807, 2.05) is 72.3 Å². The molecule has 0 fully saturated rings. The number of fused-ring (bicyclic) bond motifs is 1. The van der Waals surface area contributed by atoms with Crippen LogP contribution in [0, 0.1) is 0 Å². The number of rotatable bonds is 10. The Morgan fingerprint density at radius 1 is 1.12 bits per heavy atom. The van der Waals surface area contributed by atoms with Crippen molar-refractivity contribution >= 4 is 16.7 Å². The fourth-order valence-electron chi connectivity index (χ4n) is 3.63. The van der Waals surface area contributed by atoms with Gasteiger partial charge in [0.1, 0.15) is 11.4 Å². The van der Waals surface area contributed by atoms with Crippen molar-refractivity contribution in [3.63, 3.8) is 0 Å². The van der Waals surface area contributed by atoms with E-state index in [4.69, 9.17) is 15.2 Å². The maximum atomic E-state index is 11.5. The van der Waals surface area contributed by atoms with E-state index in [-0.39, 0.29) is 17.8 Å². The summed E-state index contributed by atoms with van der Waals surface area (Å²) in [5.41, 5.74) is 6.71. The highest BCUT2D eigenvalue weighted by Crippen LogP contribution is 2.24. The molecule has 4 rings (SSSR count). The molecule has 0 aliphatic heterocycles. The van der Waals surface area contributed by atoms with E-state index >= 15 is 0 Å². The number of benzene rings is 2. The number of nitrogens with zero attached hydrogens (tertiary/aromatic N) is 3. The summed E-state index contributed by atoms with van der Waals surface area (Å²) in [5.74, 6) is 0.229. The fraction of sp³-hybridized carbons (Fsp3) is 0.240. The molecule has 0 unspecified atom stereocenters. The van der Waals surface area contributed by atoms with E-state index in [0.717, 1.165) is 22.1 Å². The van der Waals surface area contributed by atoms with E-state index in [9.17, 15) is 4.79 Å². The van der Waals surface area contributed by atoms with Gasteiger partial charge in [0.15, 0.2) is 0 Å². The summed E-state index contributed by atoms with van der Waals surface area (Å²) in [6.07, 6.45) is 7.40. The molecule has 1 amide bonds. The zero-order valence-electron chi connectivity index (χ0n) is 17.9. The lowest BCUT2D eigenvalue weighted by Gasteiger charge is -2.26. The molecular formula is C25H26N4O3. The lowest BCUT2D eigenvalue weighted by molar-refractivity contribution is 0.0113. The van der Waals surface area contributed by atoms with Crippen LogP contribution in [-0.2, 0) is 11.3 Å². The predicted molar refractivity (Wildman–Crippen MR) is 122 cm³/mol. The first-order chi connectivity index (χ1) is 15.6. The SMILES string of the molecule is C[C@H](OCc1ccccc1)[C@@H](CCOc1ccc2ccncc2c1)n1cnc(C(N)=O)c1. The summed E-state index contributed by atoms with van der Waals surface area (Å²) in [5, 5.41) is 2.15. The van der Waals surface area contributed by atoms with Crippen molar-refractivity contribution in [2.24, 2.45) is 5.73 Å². The van der Waals surface area contributed by atoms with E-state index in [2.05, 4.69) is 9.97 Å². The number of carbonyl (C=O) groups is 1. The number of primary amides is 1. The van der Waals surface area contributed by atoms with Gasteiger partial charge in [0.2, 0.25) is 0 Å². The van der Waals surface area contributed by atoms with Crippen LogP contribution < -0.4 is 10.5 Å². The Morgan fingerprint density at radius 2 is 1.97 bits per heavy atom. The smallest absolute Gasteiger partial charge is 0.268 e. The summed E-state index contributed by atoms with van der Waals surface area (Å²) in [4.78, 5) is 19.8. The topological polar surface area (TPSA) is 92.3 Å². The molecule has 2 aromatic carbocycles. The second-order valence-corrected chi connectivity index (χ2v) is 7.66. The lowest BCUT2D eigenvalue weighted by Crippen LogP contribution is -2.25. The van der Waals surface area contributed by atoms with Gasteiger partial charge in [-0.1, -0.05) is 36.4 Å². The van der Waals surface area contributed by atoms with Crippen LogP contribution in [0.25, 0.3) is 10.8 Å². The number of imidazole rings is 1. The molecule has 164 valence electrons. The van der Waals surface area contributed by atoms with Crippen molar-refractivity contribution in [1.29, 1.82) is 0 Å². The quantitative estimate of drug-likeness (QED) is 0.408. The Hall–Kier alpha value is -3.71. The molecule has 7 nitrogen and oxygen atoms in total. The highest BCUT2D eigenvalue weighted by Gasteiger charge is 2.21. The van der Waals surface area contributed by atoms with Crippen molar-refractivity contribution in [3.8, 4) is 5.75 Å². The van der Waals surface area contributed by atoms with E-state index in [1.165, 1.54) is 0 Å². The minimum absolute atomic E-state index is 0.0820. The molecule has 0 bridgehead atoms. The minimum atomic E-state index is -0.554. The molecule has 0 radical (unpaired) electrons. The van der Waals surface area contributed by atoms with Gasteiger partial charge in [0.05, 0.1) is 31.7 Å². The molecule has 0 saturated carbocycles. The molecule has 0 aliphatic rings. The Kier molecular flexibility index (Phi) is 6.77. The number of nitrogens with two attached hydrogens (primary N) is 1. The normalized spacial score (nSPS) is 13.0. The highest BCUT2D eigenvalue weighted by molar-refractivity contribution is 5.90. The Labute approximate surface area is 186 Å². The molecule has 32 heavy (non-hydrogen) atoms. The van der Waals surface area contributed by atoms with Crippen LogP contribution in [0.3, 0.4) is 0 Å². The summed E-state index contributed by atoms with van der Waals surface area (Å²) in [7, 11) is 0. The van der Waals surface area contributed by atoms with Crippen LogP contribution in [0.2, 0.25) is 0 Å². The second kappa shape index (κ2) is 10.1. The Balaban J connectivity index is 1.44. The van der Waals surface area contributed by atoms with Crippen LogP contribution in [-0.4, -0.2) is 33.2 Å². The number of hydrogen-bond donors (Lipinski definition) is 1. The van der Waals surface area contributed by atoms with Gasteiger partial charge in [-0.05, 0) is 36.1 Å². The van der Waals surface area contributed by atoms with Crippen LogP contribution in [0.1, 0.15) is 35.4 Å². The minimum Gasteiger partial charge on any atom is -0.493 e. The number of ether oxygens (including phenoxy) is 2. The molecule has 0 spiro atoms. The average molecular weight is 431 g/mol. The first-order valence-electron chi connectivity index (χ1n) is 10.6. The zero-order chi connectivity index (χ0) is 22.3. The molecule has 0 aliphatic carbocycles. The zero-order valence-corrected chi connectivity index (χ0v) is 17.9. The molecule has 0 saturated heterocycles. The number of pyridine rings is 1. The fourth-order valence-corrected chi connectivity index (χ4v) is 3.63. The van der Waals surface area contributed by atoms with Gasteiger partial charge in [0.25, 0.3) is 5.91 Å². The second-order valence-electron chi connectivity index (χ2n) is 7.66. The molecule has 2 aromatic heterocycles. The third-order valence-corrected chi connectivity index (χ3v) is 5.43. The first-order valence-corrected chi connectivity index (χ1v) is 10.6. The maximum Gasteiger partial charge on any atom is 0.268 e. The molecule has 2 atom stereocenters. The highest BCUT2D eigenvalue weighted by atomic mass is 16.5. The molecular weight excluding hydrogens is 404 g/mol. The first kappa shape index (κ1) is 21.5. The van der Waals surface area contributed by atoms with Crippen molar-refractivity contribution in [2.45, 2.75) is 32.1 Å². The van der Waals surface area contributed by atoms with Crippen LogP contribution in [0.4, 0.5) is 0 Å². The number of aromatic nitrogens is 3. The van der Waals surface area contributed by atoms with Gasteiger partial charge < -0.3 is 19.8 Å². The molecule has 7 heteroatoms. The van der Waals surface area contributed by atoms with Crippen molar-refractivity contribution in [3.05, 3.63) is 90.8 Å². The van der Waals surface area contributed by atoms with E-state index in [1.54, 1.807) is 18.7 Å². The summed E-state index contributed by atoms with van der Waals surface area (Å²) >= 11 is 0. The van der Waals surface area contributed by atoms with Gasteiger partial charge >= 0.3 is 0 Å². The monoisotopic (exact) mass is 430 g/mol. The summed E-state index contributed by atoms with van der Waals surface area (Å²) < 4.78 is 14.0. The third kappa shape index (κ3) is 5.31. The van der Waals surface area contributed by atoms with Crippen molar-refractivity contribution in [1.82, 2.24) is 14.5 Å². The Bertz CT molecular complexity index is 1180. The third-order valence-electron chi connectivity index (χ3n) is 5.43. The number of amides is 1. The van der Waals surface area contributed by atoms with Crippen LogP contribution in [0.5, 0.6) is 5.75 Å². The lowest BCUT2D eigenvalue weighted by atomic mass is 10.1. The van der Waals surface area contributed by atoms with Crippen LogP contribution in [0.15, 0.2) is 79.5 Å². The number of carbonyl (C=O) groups excluding carboxylic acids is 1. The van der Waals surface area contributed by atoms with Gasteiger partial charge in [-0.2, -0.15) is 0 Å². The summed E-state index contributed by atoms with van der Waals surface area (Å²) in [6, 6.07) is 17.9. The Morgan fingerprint density at radius 3 is 2.75 bits per heavy atom. The molecule has 4 aromatic rings. The largest absolute Gasteiger partial charge is 0.493 e. The van der Waals surface area contributed by atoms with Gasteiger partial charge in [0, 0.05) is 30.4 Å². The van der Waals surface area contributed by atoms with Crippen LogP contribution >= 0.6 is 0 Å². The maximum absolute atomic E-state index is 11.5.